The Kier molecular flexibility index (Phi) is 4.11. The van der Waals surface area contributed by atoms with E-state index in [1.165, 1.54) is 0 Å². The molecule has 22 heavy (non-hydrogen) atoms. The summed E-state index contributed by atoms with van der Waals surface area (Å²) in [6.45, 7) is 2.13. The zero-order valence-electron chi connectivity index (χ0n) is 12.9. The van der Waals surface area contributed by atoms with Gasteiger partial charge in [-0.3, -0.25) is 9.89 Å². The number of fused-ring (bicyclic) bond motifs is 1. The molecule has 0 saturated heterocycles. The average Bonchev–Trinajstić information content (AvgIpc) is 2.97. The summed E-state index contributed by atoms with van der Waals surface area (Å²) >= 11 is 0. The van der Waals surface area contributed by atoms with E-state index < -0.39 is 0 Å². The summed E-state index contributed by atoms with van der Waals surface area (Å²) in [5.41, 5.74) is 4.78. The first-order valence-corrected chi connectivity index (χ1v) is 7.46. The maximum Gasteiger partial charge on any atom is 0.272 e. The Hall–Kier alpha value is -2.34. The van der Waals surface area contributed by atoms with E-state index in [4.69, 9.17) is 0 Å². The van der Waals surface area contributed by atoms with Crippen molar-refractivity contribution in [3.8, 4) is 0 Å². The van der Waals surface area contributed by atoms with Crippen molar-refractivity contribution in [3.63, 3.8) is 0 Å². The largest absolute Gasteiger partial charge is 0.378 e. The van der Waals surface area contributed by atoms with Crippen molar-refractivity contribution >= 4 is 11.6 Å². The molecule has 1 amide bonds. The Morgan fingerprint density at radius 1 is 1.32 bits per heavy atom. The highest BCUT2D eigenvalue weighted by molar-refractivity contribution is 5.94. The molecule has 0 saturated carbocycles. The molecular weight excluding hydrogens is 278 g/mol. The molecular formula is C16H21N5O. The number of aromatic amines is 1. The molecule has 2 aromatic rings. The zero-order valence-corrected chi connectivity index (χ0v) is 12.9. The van der Waals surface area contributed by atoms with Crippen LogP contribution in [-0.2, 0) is 19.5 Å². The summed E-state index contributed by atoms with van der Waals surface area (Å²) in [4.78, 5) is 14.3. The molecule has 6 heteroatoms. The van der Waals surface area contributed by atoms with Gasteiger partial charge in [0.05, 0.1) is 0 Å². The first-order chi connectivity index (χ1) is 10.6. The third kappa shape index (κ3) is 2.96. The van der Waals surface area contributed by atoms with Gasteiger partial charge in [0.15, 0.2) is 5.69 Å². The van der Waals surface area contributed by atoms with Gasteiger partial charge in [-0.1, -0.05) is 12.1 Å². The lowest BCUT2D eigenvalue weighted by Gasteiger charge is -2.14. The first kappa shape index (κ1) is 14.6. The number of hydrogen-bond donors (Lipinski definition) is 3. The molecule has 3 N–H and O–H groups in total. The van der Waals surface area contributed by atoms with Gasteiger partial charge in [0.1, 0.15) is 0 Å². The van der Waals surface area contributed by atoms with Crippen LogP contribution in [0.25, 0.3) is 0 Å². The van der Waals surface area contributed by atoms with Crippen LogP contribution in [0, 0.1) is 0 Å². The number of rotatable bonds is 4. The number of hydrogen-bond acceptors (Lipinski definition) is 4. The van der Waals surface area contributed by atoms with E-state index in [-0.39, 0.29) is 5.91 Å². The number of carbonyl (C=O) groups is 1. The van der Waals surface area contributed by atoms with E-state index in [2.05, 4.69) is 20.8 Å². The number of anilines is 1. The minimum absolute atomic E-state index is 0.127. The first-order valence-electron chi connectivity index (χ1n) is 7.46. The summed E-state index contributed by atoms with van der Waals surface area (Å²) in [7, 11) is 4.01. The molecule has 2 heterocycles. The van der Waals surface area contributed by atoms with E-state index in [0.717, 1.165) is 35.5 Å². The number of nitrogens with zero attached hydrogens (tertiary/aromatic N) is 2. The van der Waals surface area contributed by atoms with Crippen molar-refractivity contribution in [2.75, 3.05) is 25.5 Å². The lowest BCUT2D eigenvalue weighted by Crippen LogP contribution is -2.28. The fourth-order valence-corrected chi connectivity index (χ4v) is 2.59. The molecule has 116 valence electrons. The molecule has 1 aliphatic heterocycles. The van der Waals surface area contributed by atoms with Gasteiger partial charge in [0, 0.05) is 57.1 Å². The quantitative estimate of drug-likeness (QED) is 0.789. The number of nitrogens with one attached hydrogen (secondary N) is 3. The Labute approximate surface area is 129 Å². The van der Waals surface area contributed by atoms with E-state index in [1.54, 1.807) is 0 Å². The molecule has 3 rings (SSSR count). The van der Waals surface area contributed by atoms with Crippen LogP contribution in [0.1, 0.15) is 27.3 Å². The third-order valence-corrected chi connectivity index (χ3v) is 3.93. The molecule has 0 atom stereocenters. The van der Waals surface area contributed by atoms with Crippen molar-refractivity contribution in [3.05, 3.63) is 46.8 Å². The number of carbonyl (C=O) groups excluding carboxylic acids is 1. The second-order valence-electron chi connectivity index (χ2n) is 5.70. The number of amides is 1. The van der Waals surface area contributed by atoms with Gasteiger partial charge < -0.3 is 15.5 Å². The van der Waals surface area contributed by atoms with Gasteiger partial charge in [-0.05, 0) is 17.7 Å². The second kappa shape index (κ2) is 6.19. The second-order valence-corrected chi connectivity index (χ2v) is 5.70. The molecule has 0 fully saturated rings. The summed E-state index contributed by atoms with van der Waals surface area (Å²) in [5, 5.41) is 13.3. The summed E-state index contributed by atoms with van der Waals surface area (Å²) in [6, 6.07) is 8.14. The van der Waals surface area contributed by atoms with Crippen LogP contribution in [0.15, 0.2) is 24.3 Å². The van der Waals surface area contributed by atoms with Crippen molar-refractivity contribution in [2.45, 2.75) is 19.5 Å². The van der Waals surface area contributed by atoms with Crippen molar-refractivity contribution < 1.29 is 4.79 Å². The van der Waals surface area contributed by atoms with Gasteiger partial charge in [-0.15, -0.1) is 0 Å². The van der Waals surface area contributed by atoms with Crippen molar-refractivity contribution in [1.82, 2.24) is 20.8 Å². The van der Waals surface area contributed by atoms with Crippen molar-refractivity contribution in [1.29, 1.82) is 0 Å². The molecule has 0 spiro atoms. The third-order valence-electron chi connectivity index (χ3n) is 3.93. The minimum atomic E-state index is -0.127. The van der Waals surface area contributed by atoms with E-state index in [0.29, 0.717) is 18.8 Å². The molecule has 0 bridgehead atoms. The summed E-state index contributed by atoms with van der Waals surface area (Å²) < 4.78 is 0. The van der Waals surface area contributed by atoms with Gasteiger partial charge in [0.2, 0.25) is 0 Å². The Bertz CT molecular complexity index is 660. The van der Waals surface area contributed by atoms with Crippen LogP contribution in [0.4, 0.5) is 5.69 Å². The summed E-state index contributed by atoms with van der Waals surface area (Å²) in [5.74, 6) is -0.127. The fraction of sp³-hybridized carbons (Fsp3) is 0.375. The lowest BCUT2D eigenvalue weighted by atomic mass is 10.1. The average molecular weight is 299 g/mol. The molecule has 0 radical (unpaired) electrons. The van der Waals surface area contributed by atoms with Crippen LogP contribution >= 0.6 is 0 Å². The lowest BCUT2D eigenvalue weighted by molar-refractivity contribution is 0.0944. The van der Waals surface area contributed by atoms with Crippen LogP contribution in [0.5, 0.6) is 0 Å². The maximum absolute atomic E-state index is 12.3. The van der Waals surface area contributed by atoms with Gasteiger partial charge in [-0.2, -0.15) is 5.10 Å². The number of aromatic nitrogens is 2. The van der Waals surface area contributed by atoms with Crippen LogP contribution in [0.3, 0.4) is 0 Å². The van der Waals surface area contributed by atoms with E-state index in [9.17, 15) is 4.79 Å². The molecule has 1 aliphatic rings. The number of benzene rings is 1. The van der Waals surface area contributed by atoms with Crippen LogP contribution < -0.4 is 15.5 Å². The topological polar surface area (TPSA) is 73.0 Å². The predicted octanol–water partition coefficient (Wildman–Crippen LogP) is 1.05. The highest BCUT2D eigenvalue weighted by atomic mass is 16.1. The van der Waals surface area contributed by atoms with Gasteiger partial charge in [-0.25, -0.2) is 0 Å². The van der Waals surface area contributed by atoms with E-state index in [1.807, 2.05) is 43.3 Å². The summed E-state index contributed by atoms with van der Waals surface area (Å²) in [6.07, 6.45) is 0.890. The highest BCUT2D eigenvalue weighted by Crippen LogP contribution is 2.16. The molecule has 0 aliphatic carbocycles. The van der Waals surface area contributed by atoms with Crippen LogP contribution in [-0.4, -0.2) is 36.7 Å². The molecule has 0 unspecified atom stereocenters. The molecule has 1 aromatic heterocycles. The molecule has 6 nitrogen and oxygen atoms in total. The minimum Gasteiger partial charge on any atom is -0.378 e. The molecule has 1 aromatic carbocycles. The SMILES string of the molecule is CN(C)c1ccc(CNC(=O)c2n[nH]c3c2CNCC3)cc1. The van der Waals surface area contributed by atoms with Gasteiger partial charge >= 0.3 is 0 Å². The van der Waals surface area contributed by atoms with Crippen LogP contribution in [0.2, 0.25) is 0 Å². The van der Waals surface area contributed by atoms with Gasteiger partial charge in [0.25, 0.3) is 5.91 Å². The van der Waals surface area contributed by atoms with E-state index >= 15 is 0 Å². The standard InChI is InChI=1S/C16H21N5O/c1-21(2)12-5-3-11(4-6-12)9-18-16(22)15-13-10-17-8-7-14(13)19-20-15/h3-6,17H,7-10H2,1-2H3,(H,18,22)(H,19,20). The fourth-order valence-electron chi connectivity index (χ4n) is 2.59. The highest BCUT2D eigenvalue weighted by Gasteiger charge is 2.21. The monoisotopic (exact) mass is 299 g/mol. The Morgan fingerprint density at radius 2 is 2.09 bits per heavy atom. The Morgan fingerprint density at radius 3 is 2.82 bits per heavy atom. The smallest absolute Gasteiger partial charge is 0.272 e. The predicted molar refractivity (Wildman–Crippen MR) is 85.9 cm³/mol. The number of H-pyrrole nitrogens is 1. The Balaban J connectivity index is 1.64. The van der Waals surface area contributed by atoms with Crippen molar-refractivity contribution in [2.24, 2.45) is 0 Å². The normalized spacial score (nSPS) is 13.5. The maximum atomic E-state index is 12.3. The zero-order chi connectivity index (χ0) is 15.5.